The molecule has 3 N–H and O–H groups in total. The van der Waals surface area contributed by atoms with Crippen molar-refractivity contribution in [3.63, 3.8) is 0 Å². The number of carbonyl (C=O) groups excluding carboxylic acids is 2. The van der Waals surface area contributed by atoms with Crippen LogP contribution in [0.1, 0.15) is 33.1 Å². The minimum Gasteiger partial charge on any atom is -0.462 e. The molecule has 5 atom stereocenters. The first-order valence-corrected chi connectivity index (χ1v) is 6.93. The molecule has 1 aliphatic heterocycles. The molecular formula is C14H22O7. The second-order valence-electron chi connectivity index (χ2n) is 5.04. The number of rotatable bonds is 7. The lowest BCUT2D eigenvalue weighted by Gasteiger charge is -2.30. The Hall–Kier alpha value is -1.44. The lowest BCUT2D eigenvalue weighted by molar-refractivity contribution is -0.164. The van der Waals surface area contributed by atoms with Crippen molar-refractivity contribution in [2.45, 2.75) is 63.6 Å². The molecule has 0 fully saturated rings. The maximum Gasteiger partial charge on any atom is 0.330 e. The zero-order valence-corrected chi connectivity index (χ0v) is 12.1. The summed E-state index contributed by atoms with van der Waals surface area (Å²) >= 11 is 0. The van der Waals surface area contributed by atoms with E-state index in [0.29, 0.717) is 6.42 Å². The van der Waals surface area contributed by atoms with Gasteiger partial charge in [-0.25, -0.2) is 4.79 Å². The number of aliphatic hydroxyl groups is 3. The highest BCUT2D eigenvalue weighted by atomic mass is 16.6. The topological polar surface area (TPSA) is 113 Å². The Kier molecular flexibility index (Phi) is 6.80. The molecule has 1 rings (SSSR count). The molecule has 0 aromatic carbocycles. The van der Waals surface area contributed by atoms with E-state index >= 15 is 0 Å². The number of esters is 2. The van der Waals surface area contributed by atoms with Crippen molar-refractivity contribution in [1.82, 2.24) is 0 Å². The first-order chi connectivity index (χ1) is 9.85. The first-order valence-electron chi connectivity index (χ1n) is 6.93. The molecular weight excluding hydrogens is 280 g/mol. The van der Waals surface area contributed by atoms with Crippen molar-refractivity contribution < 1.29 is 34.4 Å². The summed E-state index contributed by atoms with van der Waals surface area (Å²) in [7, 11) is 0. The number of carbonyl (C=O) groups is 2. The maximum atomic E-state index is 11.1. The summed E-state index contributed by atoms with van der Waals surface area (Å²) in [5, 5.41) is 29.9. The minimum atomic E-state index is -1.50. The largest absolute Gasteiger partial charge is 0.462 e. The van der Waals surface area contributed by atoms with E-state index in [1.54, 1.807) is 6.92 Å². The third kappa shape index (κ3) is 5.45. The zero-order chi connectivity index (χ0) is 16.0. The van der Waals surface area contributed by atoms with Crippen molar-refractivity contribution in [3.05, 3.63) is 12.2 Å². The summed E-state index contributed by atoms with van der Waals surface area (Å²) in [6.45, 7) is 3.03. The second-order valence-corrected chi connectivity index (χ2v) is 5.04. The fraction of sp³-hybridized carbons (Fsp3) is 0.714. The zero-order valence-electron chi connectivity index (χ0n) is 12.1. The third-order valence-corrected chi connectivity index (χ3v) is 3.31. The van der Waals surface area contributed by atoms with Gasteiger partial charge >= 0.3 is 11.9 Å². The maximum absolute atomic E-state index is 11.1. The normalized spacial score (nSPS) is 23.9. The van der Waals surface area contributed by atoms with E-state index in [1.165, 1.54) is 19.1 Å². The van der Waals surface area contributed by atoms with Gasteiger partial charge in [-0.3, -0.25) is 4.79 Å². The van der Waals surface area contributed by atoms with Gasteiger partial charge in [0.2, 0.25) is 0 Å². The molecule has 0 unspecified atom stereocenters. The third-order valence-electron chi connectivity index (χ3n) is 3.31. The van der Waals surface area contributed by atoms with Crippen LogP contribution in [0.5, 0.6) is 0 Å². The number of hydrogen-bond acceptors (Lipinski definition) is 7. The molecule has 0 saturated carbocycles. The average molecular weight is 302 g/mol. The molecule has 1 aliphatic rings. The van der Waals surface area contributed by atoms with Gasteiger partial charge in [-0.05, 0) is 6.42 Å². The van der Waals surface area contributed by atoms with Gasteiger partial charge < -0.3 is 24.8 Å². The molecule has 0 aromatic rings. The molecule has 0 spiro atoms. The lowest BCUT2D eigenvalue weighted by atomic mass is 9.96. The van der Waals surface area contributed by atoms with Crippen LogP contribution in [-0.2, 0) is 19.1 Å². The number of hydrogen-bond donors (Lipinski definition) is 3. The van der Waals surface area contributed by atoms with E-state index in [-0.39, 0.29) is 12.8 Å². The Balaban J connectivity index is 2.55. The Morgan fingerprint density at radius 2 is 2.14 bits per heavy atom. The van der Waals surface area contributed by atoms with Gasteiger partial charge in [0, 0.05) is 25.8 Å². The molecule has 120 valence electrons. The molecule has 0 bridgehead atoms. The molecule has 0 aromatic heterocycles. The number of aliphatic hydroxyl groups excluding tert-OH is 3. The van der Waals surface area contributed by atoms with Gasteiger partial charge in [-0.2, -0.15) is 0 Å². The Morgan fingerprint density at radius 3 is 2.67 bits per heavy atom. The van der Waals surface area contributed by atoms with Crippen LogP contribution in [0.3, 0.4) is 0 Å². The Labute approximate surface area is 123 Å². The van der Waals surface area contributed by atoms with Crippen molar-refractivity contribution >= 4 is 11.9 Å². The highest BCUT2D eigenvalue weighted by molar-refractivity contribution is 5.82. The van der Waals surface area contributed by atoms with Crippen molar-refractivity contribution in [2.75, 3.05) is 0 Å². The predicted octanol–water partition coefficient (Wildman–Crippen LogP) is -0.327. The van der Waals surface area contributed by atoms with Crippen molar-refractivity contribution in [1.29, 1.82) is 0 Å². The van der Waals surface area contributed by atoms with Gasteiger partial charge in [-0.15, -0.1) is 0 Å². The Morgan fingerprint density at radius 1 is 1.48 bits per heavy atom. The summed E-state index contributed by atoms with van der Waals surface area (Å²) in [6.07, 6.45) is -2.17. The highest BCUT2D eigenvalue weighted by Gasteiger charge is 2.35. The molecule has 0 aliphatic carbocycles. The van der Waals surface area contributed by atoms with Crippen molar-refractivity contribution in [2.24, 2.45) is 0 Å². The first kappa shape index (κ1) is 17.6. The summed E-state index contributed by atoms with van der Waals surface area (Å²) in [5.41, 5.74) is 0. The van der Waals surface area contributed by atoms with Crippen LogP contribution < -0.4 is 0 Å². The van der Waals surface area contributed by atoms with Gasteiger partial charge in [0.05, 0.1) is 6.10 Å². The van der Waals surface area contributed by atoms with Crippen molar-refractivity contribution in [3.8, 4) is 0 Å². The molecule has 7 heteroatoms. The summed E-state index contributed by atoms with van der Waals surface area (Å²) in [4.78, 5) is 22.0. The molecule has 1 heterocycles. The van der Waals surface area contributed by atoms with E-state index in [0.717, 1.165) is 0 Å². The van der Waals surface area contributed by atoms with Crippen LogP contribution in [0, 0.1) is 0 Å². The fourth-order valence-electron chi connectivity index (χ4n) is 2.13. The number of ether oxygens (including phenoxy) is 2. The average Bonchev–Trinajstić information content (AvgIpc) is 2.44. The van der Waals surface area contributed by atoms with E-state index in [4.69, 9.17) is 9.47 Å². The fourth-order valence-corrected chi connectivity index (χ4v) is 2.13. The quantitative estimate of drug-likeness (QED) is 0.552. The molecule has 7 nitrogen and oxygen atoms in total. The standard InChI is InChI=1S/C14H22O7/c1-3-9(20-8(2)15)7-10(16)13(18)14(19)11-5-4-6-12(17)21-11/h4,6,9-11,13-14,16,18-19H,3,5,7H2,1-2H3/t9-,10+,11-,13-,14-/m1/s1. The summed E-state index contributed by atoms with van der Waals surface area (Å²) in [6, 6.07) is 0. The Bertz CT molecular complexity index is 393. The molecule has 0 saturated heterocycles. The van der Waals surface area contributed by atoms with Gasteiger partial charge in [0.15, 0.2) is 0 Å². The second kappa shape index (κ2) is 8.11. The minimum absolute atomic E-state index is 0.00911. The van der Waals surface area contributed by atoms with Crippen LogP contribution in [0.2, 0.25) is 0 Å². The predicted molar refractivity (Wildman–Crippen MR) is 72.1 cm³/mol. The summed E-state index contributed by atoms with van der Waals surface area (Å²) in [5.74, 6) is -1.08. The van der Waals surface area contributed by atoms with Gasteiger partial charge in [0.25, 0.3) is 0 Å². The smallest absolute Gasteiger partial charge is 0.330 e. The van der Waals surface area contributed by atoms with E-state index in [2.05, 4.69) is 0 Å². The van der Waals surface area contributed by atoms with Crippen LogP contribution in [-0.4, -0.2) is 57.8 Å². The van der Waals surface area contributed by atoms with E-state index < -0.39 is 42.5 Å². The van der Waals surface area contributed by atoms with E-state index in [9.17, 15) is 24.9 Å². The summed E-state index contributed by atoms with van der Waals surface area (Å²) < 4.78 is 9.86. The van der Waals surface area contributed by atoms with Crippen LogP contribution in [0.4, 0.5) is 0 Å². The van der Waals surface area contributed by atoms with Gasteiger partial charge in [0.1, 0.15) is 24.4 Å². The van der Waals surface area contributed by atoms with Crippen LogP contribution in [0.15, 0.2) is 12.2 Å². The SMILES string of the molecule is CC[C@H](C[C@H](O)[C@@H](O)[C@H](O)[C@H]1CC=CC(=O)O1)OC(C)=O. The van der Waals surface area contributed by atoms with Crippen LogP contribution >= 0.6 is 0 Å². The monoisotopic (exact) mass is 302 g/mol. The molecule has 21 heavy (non-hydrogen) atoms. The van der Waals surface area contributed by atoms with Crippen LogP contribution in [0.25, 0.3) is 0 Å². The van der Waals surface area contributed by atoms with E-state index in [1.807, 2.05) is 0 Å². The lowest BCUT2D eigenvalue weighted by Crippen LogP contribution is -2.47. The molecule has 0 amide bonds. The number of cyclic esters (lactones) is 1. The molecule has 0 radical (unpaired) electrons. The van der Waals surface area contributed by atoms with Gasteiger partial charge in [-0.1, -0.05) is 13.0 Å². The highest BCUT2D eigenvalue weighted by Crippen LogP contribution is 2.19.